The first-order valence-electron chi connectivity index (χ1n) is 6.16. The Hall–Kier alpha value is -1.84. The van der Waals surface area contributed by atoms with E-state index in [0.717, 1.165) is 0 Å². The van der Waals surface area contributed by atoms with E-state index in [-0.39, 0.29) is 17.3 Å². The van der Waals surface area contributed by atoms with E-state index >= 15 is 0 Å². The van der Waals surface area contributed by atoms with E-state index in [1.54, 1.807) is 24.3 Å². The third-order valence-corrected chi connectivity index (χ3v) is 4.31. The van der Waals surface area contributed by atoms with Crippen LogP contribution in [0.5, 0.6) is 0 Å². The van der Waals surface area contributed by atoms with Gasteiger partial charge in [0, 0.05) is 18.5 Å². The molecule has 1 heterocycles. The molecule has 2 rings (SSSR count). The molecule has 0 bridgehead atoms. The van der Waals surface area contributed by atoms with Gasteiger partial charge in [0.1, 0.15) is 17.1 Å². The second kappa shape index (κ2) is 6.74. The Morgan fingerprint density at radius 2 is 2.24 bits per heavy atom. The number of nitrogens with two attached hydrogens (primary N) is 1. The molecular formula is C12H15N5O2S2. The monoisotopic (exact) mass is 325 g/mol. The average Bonchev–Trinajstić information content (AvgIpc) is 2.91. The number of rotatable bonds is 7. The van der Waals surface area contributed by atoms with Crippen LogP contribution in [0, 0.1) is 0 Å². The van der Waals surface area contributed by atoms with Crippen molar-refractivity contribution in [2.45, 2.75) is 12.2 Å². The van der Waals surface area contributed by atoms with Gasteiger partial charge in [0.05, 0.1) is 5.75 Å². The van der Waals surface area contributed by atoms with E-state index in [4.69, 9.17) is 18.0 Å². The SMILES string of the molecule is NC(=S)c1cccc(CS(=O)(=O)NCCc2ncn[nH]2)c1. The van der Waals surface area contributed by atoms with Crippen molar-refractivity contribution in [3.8, 4) is 0 Å². The number of thiocarbonyl (C=S) groups is 1. The van der Waals surface area contributed by atoms with Gasteiger partial charge in [-0.15, -0.1) is 0 Å². The van der Waals surface area contributed by atoms with Crippen LogP contribution in [0.3, 0.4) is 0 Å². The molecule has 0 aliphatic carbocycles. The van der Waals surface area contributed by atoms with Crippen molar-refractivity contribution < 1.29 is 8.42 Å². The smallest absolute Gasteiger partial charge is 0.215 e. The molecule has 7 nitrogen and oxygen atoms in total. The highest BCUT2D eigenvalue weighted by Gasteiger charge is 2.12. The first kappa shape index (κ1) is 15.5. The molecule has 0 spiro atoms. The minimum Gasteiger partial charge on any atom is -0.389 e. The third-order valence-electron chi connectivity index (χ3n) is 2.72. The highest BCUT2D eigenvalue weighted by Crippen LogP contribution is 2.08. The number of nitrogens with zero attached hydrogens (tertiary/aromatic N) is 2. The fraction of sp³-hybridized carbons (Fsp3) is 0.250. The van der Waals surface area contributed by atoms with E-state index in [9.17, 15) is 8.42 Å². The van der Waals surface area contributed by atoms with Crippen molar-refractivity contribution in [3.63, 3.8) is 0 Å². The summed E-state index contributed by atoms with van der Waals surface area (Å²) in [6, 6.07) is 6.87. The molecule has 0 fully saturated rings. The van der Waals surface area contributed by atoms with E-state index < -0.39 is 10.0 Å². The number of sulfonamides is 1. The average molecular weight is 325 g/mol. The maximum absolute atomic E-state index is 12.0. The zero-order valence-corrected chi connectivity index (χ0v) is 12.7. The van der Waals surface area contributed by atoms with Gasteiger partial charge in [0.25, 0.3) is 0 Å². The molecular weight excluding hydrogens is 310 g/mol. The maximum atomic E-state index is 12.0. The van der Waals surface area contributed by atoms with Crippen LogP contribution >= 0.6 is 12.2 Å². The number of aromatic nitrogens is 3. The van der Waals surface area contributed by atoms with Crippen molar-refractivity contribution in [3.05, 3.63) is 47.5 Å². The van der Waals surface area contributed by atoms with Gasteiger partial charge in [-0.1, -0.05) is 30.4 Å². The molecule has 9 heteroatoms. The van der Waals surface area contributed by atoms with Crippen LogP contribution in [0.4, 0.5) is 0 Å². The number of aromatic amines is 1. The van der Waals surface area contributed by atoms with E-state index in [1.165, 1.54) is 6.33 Å². The van der Waals surface area contributed by atoms with Crippen LogP contribution < -0.4 is 10.5 Å². The normalized spacial score (nSPS) is 11.4. The first-order valence-corrected chi connectivity index (χ1v) is 8.23. The Balaban J connectivity index is 1.94. The third kappa shape index (κ3) is 4.88. The van der Waals surface area contributed by atoms with E-state index in [1.807, 2.05) is 0 Å². The Bertz CT molecular complexity index is 713. The molecule has 21 heavy (non-hydrogen) atoms. The van der Waals surface area contributed by atoms with Gasteiger partial charge in [-0.2, -0.15) is 5.10 Å². The lowest BCUT2D eigenvalue weighted by Crippen LogP contribution is -2.27. The summed E-state index contributed by atoms with van der Waals surface area (Å²) in [4.78, 5) is 4.16. The Labute approximate surface area is 128 Å². The molecule has 0 amide bonds. The van der Waals surface area contributed by atoms with Gasteiger partial charge in [-0.05, 0) is 11.6 Å². The Morgan fingerprint density at radius 3 is 2.90 bits per heavy atom. The van der Waals surface area contributed by atoms with Gasteiger partial charge in [0.2, 0.25) is 10.0 Å². The number of benzene rings is 1. The van der Waals surface area contributed by atoms with Gasteiger partial charge in [-0.25, -0.2) is 18.1 Å². The zero-order chi connectivity index (χ0) is 15.3. The number of H-pyrrole nitrogens is 1. The van der Waals surface area contributed by atoms with E-state index in [0.29, 0.717) is 23.4 Å². The van der Waals surface area contributed by atoms with Gasteiger partial charge in [-0.3, -0.25) is 5.10 Å². The lowest BCUT2D eigenvalue weighted by Gasteiger charge is -2.07. The minimum absolute atomic E-state index is 0.125. The number of hydrogen-bond acceptors (Lipinski definition) is 5. The van der Waals surface area contributed by atoms with Gasteiger partial charge < -0.3 is 5.73 Å². The van der Waals surface area contributed by atoms with E-state index in [2.05, 4.69) is 19.9 Å². The van der Waals surface area contributed by atoms with Gasteiger partial charge in [0.15, 0.2) is 0 Å². The van der Waals surface area contributed by atoms with Crippen LogP contribution in [0.1, 0.15) is 17.0 Å². The Kier molecular flexibility index (Phi) is 4.99. The lowest BCUT2D eigenvalue weighted by molar-refractivity contribution is 0.580. The quantitative estimate of drug-likeness (QED) is 0.622. The molecule has 1 aromatic heterocycles. The molecule has 0 atom stereocenters. The van der Waals surface area contributed by atoms with Crippen molar-refractivity contribution in [1.82, 2.24) is 19.9 Å². The summed E-state index contributed by atoms with van der Waals surface area (Å²) in [6.07, 6.45) is 1.83. The zero-order valence-electron chi connectivity index (χ0n) is 11.1. The summed E-state index contributed by atoms with van der Waals surface area (Å²) in [7, 11) is -3.43. The predicted molar refractivity (Wildman–Crippen MR) is 83.0 cm³/mol. The van der Waals surface area contributed by atoms with Crippen LogP contribution in [-0.2, 0) is 22.2 Å². The number of nitrogens with one attached hydrogen (secondary N) is 2. The molecule has 1 aromatic carbocycles. The van der Waals surface area contributed by atoms with Crippen molar-refractivity contribution in [2.24, 2.45) is 5.73 Å². The summed E-state index contributed by atoms with van der Waals surface area (Å²) >= 11 is 4.88. The maximum Gasteiger partial charge on any atom is 0.215 e. The second-order valence-electron chi connectivity index (χ2n) is 4.40. The van der Waals surface area contributed by atoms with Crippen molar-refractivity contribution in [2.75, 3.05) is 6.54 Å². The van der Waals surface area contributed by atoms with Crippen LogP contribution in [-0.4, -0.2) is 35.1 Å². The molecule has 0 aliphatic heterocycles. The molecule has 0 unspecified atom stereocenters. The van der Waals surface area contributed by atoms with Crippen molar-refractivity contribution in [1.29, 1.82) is 0 Å². The summed E-state index contributed by atoms with van der Waals surface area (Å²) in [5, 5.41) is 6.36. The Morgan fingerprint density at radius 1 is 1.43 bits per heavy atom. The summed E-state index contributed by atoms with van der Waals surface area (Å²) in [5.74, 6) is 0.507. The van der Waals surface area contributed by atoms with Crippen LogP contribution in [0.15, 0.2) is 30.6 Å². The van der Waals surface area contributed by atoms with Crippen LogP contribution in [0.25, 0.3) is 0 Å². The van der Waals surface area contributed by atoms with Gasteiger partial charge >= 0.3 is 0 Å². The molecule has 112 valence electrons. The fourth-order valence-corrected chi connectivity index (χ4v) is 3.02. The highest BCUT2D eigenvalue weighted by atomic mass is 32.2. The topological polar surface area (TPSA) is 114 Å². The largest absolute Gasteiger partial charge is 0.389 e. The molecule has 0 saturated carbocycles. The molecule has 2 aromatic rings. The molecule has 0 saturated heterocycles. The lowest BCUT2D eigenvalue weighted by atomic mass is 10.1. The molecule has 0 radical (unpaired) electrons. The number of hydrogen-bond donors (Lipinski definition) is 3. The standard InChI is InChI=1S/C12H15N5O2S2/c13-12(20)10-3-1-2-9(6-10)7-21(18,19)16-5-4-11-14-8-15-17-11/h1-3,6,8,16H,4-5,7H2,(H2,13,20)(H,14,15,17). The second-order valence-corrected chi connectivity index (χ2v) is 6.65. The fourth-order valence-electron chi connectivity index (χ4n) is 1.76. The summed E-state index contributed by atoms with van der Waals surface area (Å²) < 4.78 is 26.5. The highest BCUT2D eigenvalue weighted by molar-refractivity contribution is 7.88. The predicted octanol–water partition coefficient (Wildman–Crippen LogP) is 0.101. The van der Waals surface area contributed by atoms with Crippen molar-refractivity contribution >= 4 is 27.2 Å². The minimum atomic E-state index is -3.43. The molecule has 4 N–H and O–H groups in total. The summed E-state index contributed by atoms with van der Waals surface area (Å²) in [5.41, 5.74) is 6.81. The first-order chi connectivity index (χ1) is 9.96. The summed E-state index contributed by atoms with van der Waals surface area (Å²) in [6.45, 7) is 0.256. The van der Waals surface area contributed by atoms with Crippen LogP contribution in [0.2, 0.25) is 0 Å². The molecule has 0 aliphatic rings.